The lowest BCUT2D eigenvalue weighted by Gasteiger charge is -2.45. The fourth-order valence-electron chi connectivity index (χ4n) is 4.93. The predicted molar refractivity (Wildman–Crippen MR) is 147 cm³/mol. The maximum Gasteiger partial charge on any atom is 0.220 e. The van der Waals surface area contributed by atoms with Crippen LogP contribution in [0.2, 0.25) is 0 Å². The molecule has 2 N–H and O–H groups in total. The molecule has 3 rings (SSSR count). The number of hydrogen-bond acceptors (Lipinski definition) is 4. The summed E-state index contributed by atoms with van der Waals surface area (Å²) in [5.74, 6) is 1.75. The van der Waals surface area contributed by atoms with Crippen LogP contribution in [-0.4, -0.2) is 54.7 Å². The molecule has 0 aromatic heterocycles. The Labute approximate surface area is 215 Å². The van der Waals surface area contributed by atoms with Crippen LogP contribution in [-0.2, 0) is 21.8 Å². The van der Waals surface area contributed by atoms with Gasteiger partial charge in [-0.3, -0.25) is 9.59 Å². The molecule has 1 saturated carbocycles. The zero-order valence-electron chi connectivity index (χ0n) is 21.5. The highest BCUT2D eigenvalue weighted by Crippen LogP contribution is 2.35. The largest absolute Gasteiger partial charge is 0.355 e. The summed E-state index contributed by atoms with van der Waals surface area (Å²) in [5, 5.41) is 6.11. The fourth-order valence-corrected chi connectivity index (χ4v) is 5.74. The van der Waals surface area contributed by atoms with Crippen LogP contribution < -0.4 is 10.6 Å². The van der Waals surface area contributed by atoms with E-state index in [0.717, 1.165) is 43.6 Å². The lowest BCUT2D eigenvalue weighted by atomic mass is 9.74. The Morgan fingerprint density at radius 1 is 0.971 bits per heavy atom. The summed E-state index contributed by atoms with van der Waals surface area (Å²) in [5.41, 5.74) is 4.10. The molecule has 0 bridgehead atoms. The molecule has 190 valence electrons. The van der Waals surface area contributed by atoms with Gasteiger partial charge in [0.1, 0.15) is 0 Å². The minimum atomic E-state index is -0.0473. The molecule has 0 aliphatic heterocycles. The summed E-state index contributed by atoms with van der Waals surface area (Å²) < 4.78 is 0. The molecule has 0 atom stereocenters. The summed E-state index contributed by atoms with van der Waals surface area (Å²) >= 11 is 1.80. The van der Waals surface area contributed by atoms with Gasteiger partial charge in [-0.15, -0.1) is 0 Å². The zero-order valence-corrected chi connectivity index (χ0v) is 22.3. The van der Waals surface area contributed by atoms with Crippen LogP contribution in [0.15, 0.2) is 54.6 Å². The molecule has 1 aliphatic rings. The van der Waals surface area contributed by atoms with Crippen molar-refractivity contribution in [1.29, 1.82) is 0 Å². The highest BCUT2D eigenvalue weighted by atomic mass is 32.2. The Hall–Kier alpha value is -2.31. The van der Waals surface area contributed by atoms with E-state index in [1.807, 2.05) is 18.2 Å². The van der Waals surface area contributed by atoms with Gasteiger partial charge in [-0.1, -0.05) is 60.2 Å². The second-order valence-corrected chi connectivity index (χ2v) is 11.1. The van der Waals surface area contributed by atoms with Gasteiger partial charge in [0.2, 0.25) is 11.8 Å². The van der Waals surface area contributed by atoms with Crippen molar-refractivity contribution in [3.8, 4) is 0 Å². The summed E-state index contributed by atoms with van der Waals surface area (Å²) in [6, 6.07) is 19.3. The second kappa shape index (κ2) is 13.7. The zero-order chi connectivity index (χ0) is 25.1. The van der Waals surface area contributed by atoms with E-state index in [-0.39, 0.29) is 36.2 Å². The molecular weight excluding hydrogens is 454 g/mol. The van der Waals surface area contributed by atoms with Crippen molar-refractivity contribution in [2.45, 2.75) is 69.2 Å². The minimum absolute atomic E-state index is 0.0142. The smallest absolute Gasteiger partial charge is 0.220 e. The molecule has 0 unspecified atom stereocenters. The molecule has 35 heavy (non-hydrogen) atoms. The topological polar surface area (TPSA) is 61.4 Å². The number of rotatable bonds is 12. The second-order valence-electron chi connectivity index (χ2n) is 10.0. The number of nitrogens with zero attached hydrogens (tertiary/aromatic N) is 1. The number of carbonyl (C=O) groups is 2. The molecule has 2 amide bonds. The number of thioether (sulfide) groups is 1. The van der Waals surface area contributed by atoms with Gasteiger partial charge < -0.3 is 15.5 Å². The number of amides is 2. The van der Waals surface area contributed by atoms with E-state index in [1.165, 1.54) is 16.7 Å². The van der Waals surface area contributed by atoms with Crippen LogP contribution in [0.4, 0.5) is 0 Å². The number of nitrogens with one attached hydrogen (secondary N) is 2. The first-order valence-electron chi connectivity index (χ1n) is 12.8. The highest BCUT2D eigenvalue weighted by Gasteiger charge is 2.37. The van der Waals surface area contributed by atoms with Crippen molar-refractivity contribution in [1.82, 2.24) is 15.5 Å². The van der Waals surface area contributed by atoms with Crippen LogP contribution in [0.1, 0.15) is 55.2 Å². The van der Waals surface area contributed by atoms with Crippen LogP contribution in [0.25, 0.3) is 0 Å². The Kier molecular flexibility index (Phi) is 10.7. The SMILES string of the molecule is Cc1cccc(CC2(N(C)C)CCC(NC(=O)CCC(=O)NCCSCc3ccccc3)CC2)c1. The van der Waals surface area contributed by atoms with Gasteiger partial charge in [0.15, 0.2) is 0 Å². The first-order chi connectivity index (χ1) is 16.9. The number of likely N-dealkylation sites (N-methyl/N-ethyl adjacent to an activating group) is 1. The van der Waals surface area contributed by atoms with Gasteiger partial charge in [-0.05, 0) is 64.3 Å². The molecule has 2 aromatic rings. The average molecular weight is 496 g/mol. The number of benzene rings is 2. The maximum absolute atomic E-state index is 12.5. The summed E-state index contributed by atoms with van der Waals surface area (Å²) in [6.45, 7) is 2.78. The molecule has 5 nitrogen and oxygen atoms in total. The quantitative estimate of drug-likeness (QED) is 0.418. The van der Waals surface area contributed by atoms with E-state index >= 15 is 0 Å². The van der Waals surface area contributed by atoms with Gasteiger partial charge in [-0.25, -0.2) is 0 Å². The predicted octanol–water partition coefficient (Wildman–Crippen LogP) is 4.73. The third-order valence-electron chi connectivity index (χ3n) is 7.11. The lowest BCUT2D eigenvalue weighted by molar-refractivity contribution is -0.127. The van der Waals surface area contributed by atoms with Crippen LogP contribution in [0.3, 0.4) is 0 Å². The van der Waals surface area contributed by atoms with Crippen molar-refractivity contribution in [2.75, 3.05) is 26.4 Å². The summed E-state index contributed by atoms with van der Waals surface area (Å²) in [7, 11) is 4.35. The molecule has 1 aliphatic carbocycles. The van der Waals surface area contributed by atoms with E-state index in [2.05, 4.69) is 73.0 Å². The molecule has 0 saturated heterocycles. The highest BCUT2D eigenvalue weighted by molar-refractivity contribution is 7.98. The number of carbonyl (C=O) groups excluding carboxylic acids is 2. The van der Waals surface area contributed by atoms with Gasteiger partial charge in [-0.2, -0.15) is 11.8 Å². The molecule has 2 aromatic carbocycles. The molecule has 6 heteroatoms. The third-order valence-corrected chi connectivity index (χ3v) is 8.14. The van der Waals surface area contributed by atoms with Gasteiger partial charge in [0, 0.05) is 42.5 Å². The monoisotopic (exact) mass is 495 g/mol. The van der Waals surface area contributed by atoms with E-state index in [4.69, 9.17) is 0 Å². The average Bonchev–Trinajstić information content (AvgIpc) is 2.84. The summed E-state index contributed by atoms with van der Waals surface area (Å²) in [4.78, 5) is 27.0. The van der Waals surface area contributed by atoms with Crippen molar-refractivity contribution < 1.29 is 9.59 Å². The van der Waals surface area contributed by atoms with Gasteiger partial charge >= 0.3 is 0 Å². The minimum Gasteiger partial charge on any atom is -0.355 e. The molecule has 0 heterocycles. The lowest BCUT2D eigenvalue weighted by Crippen LogP contribution is -2.52. The van der Waals surface area contributed by atoms with E-state index in [0.29, 0.717) is 6.54 Å². The third kappa shape index (κ3) is 9.01. The van der Waals surface area contributed by atoms with E-state index in [1.54, 1.807) is 11.8 Å². The van der Waals surface area contributed by atoms with Gasteiger partial charge in [0.05, 0.1) is 0 Å². The van der Waals surface area contributed by atoms with Crippen LogP contribution in [0.5, 0.6) is 0 Å². The number of aryl methyl sites for hydroxylation is 1. The Bertz CT molecular complexity index is 940. The standard InChI is InChI=1S/C29H41N3O2S/c1-23-8-7-11-25(20-23)21-29(32(2)3)16-14-26(15-17-29)31-28(34)13-12-27(33)30-18-19-35-22-24-9-5-4-6-10-24/h4-11,20,26H,12-19,21-22H2,1-3H3,(H,30,33)(H,31,34). The van der Waals surface area contributed by atoms with E-state index in [9.17, 15) is 9.59 Å². The fraction of sp³-hybridized carbons (Fsp3) is 0.517. The molecule has 1 fully saturated rings. The Balaban J connectivity index is 1.32. The molecular formula is C29H41N3O2S. The Morgan fingerprint density at radius 2 is 1.66 bits per heavy atom. The number of hydrogen-bond donors (Lipinski definition) is 2. The molecule has 0 spiro atoms. The molecule has 0 radical (unpaired) electrons. The maximum atomic E-state index is 12.5. The van der Waals surface area contributed by atoms with Crippen LogP contribution >= 0.6 is 11.8 Å². The normalized spacial score (nSPS) is 19.9. The first kappa shape index (κ1) is 27.3. The first-order valence-corrected chi connectivity index (χ1v) is 13.9. The van der Waals surface area contributed by atoms with Crippen molar-refractivity contribution in [3.63, 3.8) is 0 Å². The van der Waals surface area contributed by atoms with Crippen molar-refractivity contribution >= 4 is 23.6 Å². The van der Waals surface area contributed by atoms with Crippen LogP contribution in [0, 0.1) is 6.92 Å². The van der Waals surface area contributed by atoms with Crippen molar-refractivity contribution in [3.05, 3.63) is 71.3 Å². The summed E-state index contributed by atoms with van der Waals surface area (Å²) in [6.07, 6.45) is 5.59. The van der Waals surface area contributed by atoms with E-state index < -0.39 is 0 Å². The van der Waals surface area contributed by atoms with Gasteiger partial charge in [0.25, 0.3) is 0 Å². The van der Waals surface area contributed by atoms with Crippen molar-refractivity contribution in [2.24, 2.45) is 0 Å². The Morgan fingerprint density at radius 3 is 2.34 bits per heavy atom.